The Morgan fingerprint density at radius 2 is 2.15 bits per heavy atom. The van der Waals surface area contributed by atoms with E-state index in [1.54, 1.807) is 11.3 Å². The van der Waals surface area contributed by atoms with E-state index in [1.807, 2.05) is 11.7 Å². The Morgan fingerprint density at radius 1 is 1.31 bits per heavy atom. The lowest BCUT2D eigenvalue weighted by atomic mass is 10.1. The summed E-state index contributed by atoms with van der Waals surface area (Å²) < 4.78 is 1.12. The van der Waals surface area contributed by atoms with Crippen molar-refractivity contribution in [1.29, 1.82) is 0 Å². The minimum absolute atomic E-state index is 1.12. The van der Waals surface area contributed by atoms with Crippen molar-refractivity contribution in [1.82, 2.24) is 4.98 Å². The van der Waals surface area contributed by atoms with Crippen LogP contribution in [0.1, 0.15) is 5.56 Å². The first-order valence-electron chi connectivity index (χ1n) is 3.92. The maximum absolute atomic E-state index is 4.06. The molecule has 1 aromatic heterocycles. The molecule has 1 nitrogen and oxygen atoms in total. The highest BCUT2D eigenvalue weighted by molar-refractivity contribution is 9.10. The molecule has 0 aliphatic rings. The van der Waals surface area contributed by atoms with Crippen LogP contribution in [0.4, 0.5) is 0 Å². The van der Waals surface area contributed by atoms with Crippen molar-refractivity contribution in [3.05, 3.63) is 39.9 Å². The maximum Gasteiger partial charge on any atom is 0.0797 e. The zero-order chi connectivity index (χ0) is 9.26. The number of hydrogen-bond donors (Lipinski definition) is 0. The molecule has 3 heteroatoms. The maximum atomic E-state index is 4.06. The Bertz CT molecular complexity index is 389. The predicted octanol–water partition coefficient (Wildman–Crippen LogP) is 3.88. The molecule has 0 aliphatic heterocycles. The van der Waals surface area contributed by atoms with Gasteiger partial charge < -0.3 is 0 Å². The number of aryl methyl sites for hydroxylation is 1. The second-order valence-electron chi connectivity index (χ2n) is 2.88. The van der Waals surface area contributed by atoms with Gasteiger partial charge in [-0.05, 0) is 30.2 Å². The third-order valence-electron chi connectivity index (χ3n) is 1.76. The number of hydrogen-bond acceptors (Lipinski definition) is 2. The smallest absolute Gasteiger partial charge is 0.0797 e. The standard InChI is InChI=1S/C10H8BrNS/c1-7-2-8(4-9(11)3-7)10-5-12-6-13-10/h2-6H,1H3. The summed E-state index contributed by atoms with van der Waals surface area (Å²) in [6.45, 7) is 2.09. The van der Waals surface area contributed by atoms with Crippen molar-refractivity contribution in [3.63, 3.8) is 0 Å². The SMILES string of the molecule is Cc1cc(Br)cc(-c2cncs2)c1. The van der Waals surface area contributed by atoms with Gasteiger partial charge >= 0.3 is 0 Å². The van der Waals surface area contributed by atoms with E-state index in [9.17, 15) is 0 Å². The first-order valence-corrected chi connectivity index (χ1v) is 5.59. The van der Waals surface area contributed by atoms with E-state index in [2.05, 4.69) is 46.0 Å². The Kier molecular flexibility index (Phi) is 2.47. The number of aromatic nitrogens is 1. The van der Waals surface area contributed by atoms with E-state index in [0.29, 0.717) is 0 Å². The molecular formula is C10H8BrNS. The van der Waals surface area contributed by atoms with E-state index < -0.39 is 0 Å². The first kappa shape index (κ1) is 8.91. The predicted molar refractivity (Wildman–Crippen MR) is 60.0 cm³/mol. The van der Waals surface area contributed by atoms with Crippen LogP contribution in [0.25, 0.3) is 10.4 Å². The zero-order valence-corrected chi connectivity index (χ0v) is 9.52. The van der Waals surface area contributed by atoms with Gasteiger partial charge in [-0.3, -0.25) is 4.98 Å². The van der Waals surface area contributed by atoms with Crippen molar-refractivity contribution in [2.45, 2.75) is 6.92 Å². The summed E-state index contributed by atoms with van der Waals surface area (Å²) >= 11 is 5.14. The largest absolute Gasteiger partial charge is 0.252 e. The highest BCUT2D eigenvalue weighted by Crippen LogP contribution is 2.27. The molecule has 0 amide bonds. The molecule has 0 spiro atoms. The average Bonchev–Trinajstić information content (AvgIpc) is 2.53. The van der Waals surface area contributed by atoms with Crippen molar-refractivity contribution >= 4 is 27.3 Å². The molecule has 0 fully saturated rings. The van der Waals surface area contributed by atoms with Crippen LogP contribution in [-0.2, 0) is 0 Å². The molecular weight excluding hydrogens is 246 g/mol. The van der Waals surface area contributed by atoms with E-state index in [1.165, 1.54) is 16.0 Å². The van der Waals surface area contributed by atoms with Gasteiger partial charge in [-0.2, -0.15) is 0 Å². The number of rotatable bonds is 1. The van der Waals surface area contributed by atoms with Crippen LogP contribution in [0.15, 0.2) is 34.4 Å². The van der Waals surface area contributed by atoms with Crippen LogP contribution in [0.5, 0.6) is 0 Å². The van der Waals surface area contributed by atoms with Crippen LogP contribution in [0.3, 0.4) is 0 Å². The molecule has 0 atom stereocenters. The van der Waals surface area contributed by atoms with Gasteiger partial charge in [0.05, 0.1) is 10.4 Å². The monoisotopic (exact) mass is 253 g/mol. The summed E-state index contributed by atoms with van der Waals surface area (Å²) in [6, 6.07) is 6.38. The molecule has 13 heavy (non-hydrogen) atoms. The van der Waals surface area contributed by atoms with Crippen LogP contribution >= 0.6 is 27.3 Å². The fourth-order valence-electron chi connectivity index (χ4n) is 1.24. The summed E-state index contributed by atoms with van der Waals surface area (Å²) in [5.74, 6) is 0. The fourth-order valence-corrected chi connectivity index (χ4v) is 2.46. The van der Waals surface area contributed by atoms with E-state index in [4.69, 9.17) is 0 Å². The first-order chi connectivity index (χ1) is 6.25. The number of halogens is 1. The van der Waals surface area contributed by atoms with Gasteiger partial charge in [-0.25, -0.2) is 0 Å². The Balaban J connectivity index is 2.53. The van der Waals surface area contributed by atoms with Crippen LogP contribution in [0, 0.1) is 6.92 Å². The minimum Gasteiger partial charge on any atom is -0.252 e. The number of thiazole rings is 1. The van der Waals surface area contributed by atoms with Crippen molar-refractivity contribution in [3.8, 4) is 10.4 Å². The van der Waals surface area contributed by atoms with E-state index >= 15 is 0 Å². The zero-order valence-electron chi connectivity index (χ0n) is 7.12. The lowest BCUT2D eigenvalue weighted by Crippen LogP contribution is -1.76. The van der Waals surface area contributed by atoms with Crippen molar-refractivity contribution in [2.24, 2.45) is 0 Å². The topological polar surface area (TPSA) is 12.9 Å². The summed E-state index contributed by atoms with van der Waals surface area (Å²) in [5.41, 5.74) is 4.35. The molecule has 0 unspecified atom stereocenters. The minimum atomic E-state index is 1.12. The van der Waals surface area contributed by atoms with Gasteiger partial charge in [-0.15, -0.1) is 11.3 Å². The van der Waals surface area contributed by atoms with Gasteiger partial charge in [0, 0.05) is 10.7 Å². The van der Waals surface area contributed by atoms with Gasteiger partial charge in [0.25, 0.3) is 0 Å². The van der Waals surface area contributed by atoms with Crippen molar-refractivity contribution in [2.75, 3.05) is 0 Å². The summed E-state index contributed by atoms with van der Waals surface area (Å²) in [6.07, 6.45) is 1.89. The lowest BCUT2D eigenvalue weighted by Gasteiger charge is -2.00. The fraction of sp³-hybridized carbons (Fsp3) is 0.100. The van der Waals surface area contributed by atoms with Crippen LogP contribution < -0.4 is 0 Å². The van der Waals surface area contributed by atoms with Gasteiger partial charge in [-0.1, -0.05) is 22.0 Å². The molecule has 0 N–H and O–H groups in total. The molecule has 0 bridgehead atoms. The molecule has 0 radical (unpaired) electrons. The molecule has 1 heterocycles. The molecule has 66 valence electrons. The average molecular weight is 254 g/mol. The normalized spacial score (nSPS) is 10.3. The molecule has 0 aliphatic carbocycles. The molecule has 2 rings (SSSR count). The number of nitrogens with zero attached hydrogens (tertiary/aromatic N) is 1. The third kappa shape index (κ3) is 1.98. The summed E-state index contributed by atoms with van der Waals surface area (Å²) in [7, 11) is 0. The summed E-state index contributed by atoms with van der Waals surface area (Å²) in [5, 5.41) is 0. The molecule has 2 aromatic rings. The van der Waals surface area contributed by atoms with Gasteiger partial charge in [0.1, 0.15) is 0 Å². The van der Waals surface area contributed by atoms with Crippen LogP contribution in [-0.4, -0.2) is 4.98 Å². The third-order valence-corrected chi connectivity index (χ3v) is 3.04. The quantitative estimate of drug-likeness (QED) is 0.752. The molecule has 0 saturated carbocycles. The lowest BCUT2D eigenvalue weighted by molar-refractivity contribution is 1.41. The Morgan fingerprint density at radius 3 is 2.77 bits per heavy atom. The Labute approximate surface area is 89.6 Å². The van der Waals surface area contributed by atoms with Crippen molar-refractivity contribution < 1.29 is 0 Å². The van der Waals surface area contributed by atoms with E-state index in [-0.39, 0.29) is 0 Å². The summed E-state index contributed by atoms with van der Waals surface area (Å²) in [4.78, 5) is 5.27. The van der Waals surface area contributed by atoms with Crippen LogP contribution in [0.2, 0.25) is 0 Å². The second-order valence-corrected chi connectivity index (χ2v) is 4.68. The molecule has 1 aromatic carbocycles. The van der Waals surface area contributed by atoms with Gasteiger partial charge in [0.15, 0.2) is 0 Å². The highest BCUT2D eigenvalue weighted by atomic mass is 79.9. The molecule has 0 saturated heterocycles. The highest BCUT2D eigenvalue weighted by Gasteiger charge is 2.00. The second kappa shape index (κ2) is 3.60. The Hall–Kier alpha value is -0.670. The van der Waals surface area contributed by atoms with E-state index in [0.717, 1.165) is 4.47 Å². The van der Waals surface area contributed by atoms with Gasteiger partial charge in [0.2, 0.25) is 0 Å². The number of benzene rings is 1.